The molecule has 18 heavy (non-hydrogen) atoms. The minimum atomic E-state index is 0.309. The number of carbonyl (C=O) groups is 1. The van der Waals surface area contributed by atoms with Gasteiger partial charge in [-0.05, 0) is 31.0 Å². The summed E-state index contributed by atoms with van der Waals surface area (Å²) in [7, 11) is 0. The van der Waals surface area contributed by atoms with Crippen LogP contribution in [-0.2, 0) is 11.2 Å². The highest BCUT2D eigenvalue weighted by Gasteiger charge is 2.04. The molecule has 3 heteroatoms. The van der Waals surface area contributed by atoms with E-state index in [1.165, 1.54) is 0 Å². The average Bonchev–Trinajstić information content (AvgIpc) is 2.77. The number of carbonyl (C=O) groups excluding carboxylic acids is 1. The molecule has 2 rings (SSSR count). The summed E-state index contributed by atoms with van der Waals surface area (Å²) in [6.07, 6.45) is 5.85. The van der Waals surface area contributed by atoms with Crippen molar-refractivity contribution < 1.29 is 4.79 Å². The molecular formula is C15H18N2O. The Kier molecular flexibility index (Phi) is 3.92. The number of rotatable bonds is 5. The van der Waals surface area contributed by atoms with Crippen molar-refractivity contribution in [1.82, 2.24) is 9.55 Å². The number of aromatic nitrogens is 2. The summed E-state index contributed by atoms with van der Waals surface area (Å²) in [5.74, 6) is 1.27. The van der Waals surface area contributed by atoms with E-state index in [0.29, 0.717) is 18.6 Å². The van der Waals surface area contributed by atoms with Gasteiger partial charge in [-0.15, -0.1) is 0 Å². The predicted molar refractivity (Wildman–Crippen MR) is 71.9 cm³/mol. The molecule has 0 saturated heterocycles. The Morgan fingerprint density at radius 1 is 1.28 bits per heavy atom. The molecule has 0 radical (unpaired) electrons. The van der Waals surface area contributed by atoms with Gasteiger partial charge in [0.1, 0.15) is 11.6 Å². The Labute approximate surface area is 107 Å². The van der Waals surface area contributed by atoms with Crippen LogP contribution in [0.25, 0.3) is 5.69 Å². The van der Waals surface area contributed by atoms with Crippen LogP contribution in [-0.4, -0.2) is 15.3 Å². The van der Waals surface area contributed by atoms with Crippen LogP contribution in [0, 0.1) is 6.92 Å². The highest BCUT2D eigenvalue weighted by Crippen LogP contribution is 2.12. The van der Waals surface area contributed by atoms with E-state index < -0.39 is 0 Å². The van der Waals surface area contributed by atoms with Gasteiger partial charge in [0.25, 0.3) is 0 Å². The number of hydrogen-bond donors (Lipinski definition) is 0. The summed E-state index contributed by atoms with van der Waals surface area (Å²) in [6.45, 7) is 4.00. The van der Waals surface area contributed by atoms with Crippen LogP contribution in [0.15, 0.2) is 36.7 Å². The van der Waals surface area contributed by atoms with Crippen molar-refractivity contribution in [2.45, 2.75) is 33.1 Å². The number of imidazole rings is 1. The van der Waals surface area contributed by atoms with Crippen LogP contribution >= 0.6 is 0 Å². The SMILES string of the molecule is CCCC(=O)Cc1ccc(-n2ccnc2C)cc1. The summed E-state index contributed by atoms with van der Waals surface area (Å²) in [4.78, 5) is 15.8. The number of ketones is 1. The van der Waals surface area contributed by atoms with E-state index in [4.69, 9.17) is 0 Å². The molecule has 0 aliphatic heterocycles. The van der Waals surface area contributed by atoms with Crippen molar-refractivity contribution in [3.8, 4) is 5.69 Å². The highest BCUT2D eigenvalue weighted by molar-refractivity contribution is 5.80. The molecule has 1 heterocycles. The first kappa shape index (κ1) is 12.6. The van der Waals surface area contributed by atoms with Crippen LogP contribution in [0.2, 0.25) is 0 Å². The summed E-state index contributed by atoms with van der Waals surface area (Å²) < 4.78 is 2.03. The second-order valence-corrected chi connectivity index (χ2v) is 4.48. The molecule has 0 aliphatic carbocycles. The summed E-state index contributed by atoms with van der Waals surface area (Å²) in [6, 6.07) is 8.09. The molecule has 0 unspecified atom stereocenters. The van der Waals surface area contributed by atoms with Crippen LogP contribution in [0.1, 0.15) is 31.2 Å². The van der Waals surface area contributed by atoms with Crippen LogP contribution in [0.4, 0.5) is 0 Å². The number of aryl methyl sites for hydroxylation is 1. The van der Waals surface area contributed by atoms with Crippen molar-refractivity contribution in [1.29, 1.82) is 0 Å². The Morgan fingerprint density at radius 2 is 2.00 bits per heavy atom. The molecule has 0 spiro atoms. The smallest absolute Gasteiger partial charge is 0.137 e. The van der Waals surface area contributed by atoms with Gasteiger partial charge in [0.15, 0.2) is 0 Å². The molecule has 0 fully saturated rings. The molecule has 0 amide bonds. The Morgan fingerprint density at radius 3 is 2.56 bits per heavy atom. The maximum absolute atomic E-state index is 11.6. The van der Waals surface area contributed by atoms with Gasteiger partial charge in [0, 0.05) is 30.9 Å². The normalized spacial score (nSPS) is 10.6. The van der Waals surface area contributed by atoms with Crippen LogP contribution in [0.5, 0.6) is 0 Å². The van der Waals surface area contributed by atoms with Gasteiger partial charge in [-0.3, -0.25) is 4.79 Å². The first-order chi connectivity index (χ1) is 8.70. The van der Waals surface area contributed by atoms with Gasteiger partial charge < -0.3 is 4.57 Å². The summed E-state index contributed by atoms with van der Waals surface area (Å²) in [5.41, 5.74) is 2.16. The van der Waals surface area contributed by atoms with Crippen molar-refractivity contribution in [3.05, 3.63) is 48.0 Å². The third-order valence-electron chi connectivity index (χ3n) is 2.97. The number of Topliss-reactive ketones (excluding diaryl/α,β-unsaturated/α-hetero) is 1. The van der Waals surface area contributed by atoms with E-state index in [9.17, 15) is 4.79 Å². The molecule has 2 aromatic rings. The zero-order valence-corrected chi connectivity index (χ0v) is 10.9. The zero-order valence-electron chi connectivity index (χ0n) is 10.9. The van der Waals surface area contributed by atoms with E-state index >= 15 is 0 Å². The maximum Gasteiger partial charge on any atom is 0.137 e. The molecule has 1 aromatic carbocycles. The fourth-order valence-corrected chi connectivity index (χ4v) is 2.02. The fourth-order valence-electron chi connectivity index (χ4n) is 2.02. The summed E-state index contributed by atoms with van der Waals surface area (Å²) in [5, 5.41) is 0. The summed E-state index contributed by atoms with van der Waals surface area (Å²) >= 11 is 0. The van der Waals surface area contributed by atoms with Crippen molar-refractivity contribution in [2.75, 3.05) is 0 Å². The molecule has 0 saturated carbocycles. The zero-order chi connectivity index (χ0) is 13.0. The van der Waals surface area contributed by atoms with Crippen molar-refractivity contribution >= 4 is 5.78 Å². The van der Waals surface area contributed by atoms with Gasteiger partial charge in [-0.1, -0.05) is 19.1 Å². The molecular weight excluding hydrogens is 224 g/mol. The van der Waals surface area contributed by atoms with E-state index in [-0.39, 0.29) is 0 Å². The van der Waals surface area contributed by atoms with Gasteiger partial charge >= 0.3 is 0 Å². The van der Waals surface area contributed by atoms with Crippen LogP contribution in [0.3, 0.4) is 0 Å². The molecule has 1 aromatic heterocycles. The van der Waals surface area contributed by atoms with Crippen molar-refractivity contribution in [3.63, 3.8) is 0 Å². The quantitative estimate of drug-likeness (QED) is 0.807. The second-order valence-electron chi connectivity index (χ2n) is 4.48. The molecule has 0 N–H and O–H groups in total. The van der Waals surface area contributed by atoms with E-state index in [1.54, 1.807) is 6.20 Å². The second kappa shape index (κ2) is 5.63. The minimum absolute atomic E-state index is 0.309. The lowest BCUT2D eigenvalue weighted by Gasteiger charge is -2.06. The third kappa shape index (κ3) is 2.86. The van der Waals surface area contributed by atoms with Gasteiger partial charge in [-0.25, -0.2) is 4.98 Å². The van der Waals surface area contributed by atoms with Gasteiger partial charge in [0.2, 0.25) is 0 Å². The Bertz CT molecular complexity index is 526. The van der Waals surface area contributed by atoms with E-state index in [1.807, 2.05) is 48.9 Å². The topological polar surface area (TPSA) is 34.9 Å². The molecule has 0 aliphatic rings. The van der Waals surface area contributed by atoms with Crippen LogP contribution < -0.4 is 0 Å². The first-order valence-electron chi connectivity index (χ1n) is 6.31. The predicted octanol–water partition coefficient (Wildman–Crippen LogP) is 3.09. The van der Waals surface area contributed by atoms with E-state index in [0.717, 1.165) is 23.5 Å². The maximum atomic E-state index is 11.6. The monoisotopic (exact) mass is 242 g/mol. The third-order valence-corrected chi connectivity index (χ3v) is 2.97. The minimum Gasteiger partial charge on any atom is -0.304 e. The standard InChI is InChI=1S/C15H18N2O/c1-3-4-15(18)11-13-5-7-14(8-6-13)17-10-9-16-12(17)2/h5-10H,3-4,11H2,1-2H3. The first-order valence-corrected chi connectivity index (χ1v) is 6.31. The Hall–Kier alpha value is -1.90. The van der Waals surface area contributed by atoms with E-state index in [2.05, 4.69) is 4.98 Å². The highest BCUT2D eigenvalue weighted by atomic mass is 16.1. The lowest BCUT2D eigenvalue weighted by molar-refractivity contribution is -0.118. The average molecular weight is 242 g/mol. The molecule has 0 bridgehead atoms. The van der Waals surface area contributed by atoms with Gasteiger partial charge in [-0.2, -0.15) is 0 Å². The molecule has 3 nitrogen and oxygen atoms in total. The van der Waals surface area contributed by atoms with Gasteiger partial charge in [0.05, 0.1) is 0 Å². The number of benzene rings is 1. The number of nitrogens with zero attached hydrogens (tertiary/aromatic N) is 2. The fraction of sp³-hybridized carbons (Fsp3) is 0.333. The Balaban J connectivity index is 2.11. The lowest BCUT2D eigenvalue weighted by Crippen LogP contribution is -2.02. The van der Waals surface area contributed by atoms with Crippen molar-refractivity contribution in [2.24, 2.45) is 0 Å². The lowest BCUT2D eigenvalue weighted by atomic mass is 10.1. The molecule has 94 valence electrons. The molecule has 0 atom stereocenters. The number of hydrogen-bond acceptors (Lipinski definition) is 2. The largest absolute Gasteiger partial charge is 0.304 e.